The third kappa shape index (κ3) is 2.98. The molecule has 0 aliphatic carbocycles. The van der Waals surface area contributed by atoms with E-state index in [1.165, 1.54) is 18.2 Å². The van der Waals surface area contributed by atoms with E-state index in [1.807, 2.05) is 0 Å². The normalized spacial score (nSPS) is 11.2. The van der Waals surface area contributed by atoms with E-state index in [0.29, 0.717) is 27.8 Å². The van der Waals surface area contributed by atoms with Crippen LogP contribution in [0.25, 0.3) is 23.1 Å². The van der Waals surface area contributed by atoms with Crippen molar-refractivity contribution < 1.29 is 19.4 Å². The SMILES string of the molecule is Nc1ccc2c(/C=C/c3ccc(O)c(C(=O)O)c3)cc(=O)oc2c1. The molecule has 6 heteroatoms. The summed E-state index contributed by atoms with van der Waals surface area (Å²) in [4.78, 5) is 22.7. The van der Waals surface area contributed by atoms with Crippen molar-refractivity contribution in [2.75, 3.05) is 5.73 Å². The maximum atomic E-state index is 11.7. The molecule has 2 aromatic carbocycles. The van der Waals surface area contributed by atoms with Crippen LogP contribution in [0.2, 0.25) is 0 Å². The summed E-state index contributed by atoms with van der Waals surface area (Å²) in [6, 6.07) is 10.6. The molecular formula is C18H13NO5. The summed E-state index contributed by atoms with van der Waals surface area (Å²) in [5.74, 6) is -1.52. The number of hydrogen-bond acceptors (Lipinski definition) is 5. The summed E-state index contributed by atoms with van der Waals surface area (Å²) < 4.78 is 5.12. The molecule has 1 aromatic heterocycles. The van der Waals surface area contributed by atoms with Gasteiger partial charge in [0.25, 0.3) is 0 Å². The molecule has 6 nitrogen and oxygen atoms in total. The van der Waals surface area contributed by atoms with Gasteiger partial charge in [-0.05, 0) is 35.4 Å². The summed E-state index contributed by atoms with van der Waals surface area (Å²) in [5.41, 5.74) is 7.03. The molecule has 0 aliphatic heterocycles. The molecule has 0 atom stereocenters. The zero-order valence-electron chi connectivity index (χ0n) is 12.4. The van der Waals surface area contributed by atoms with Gasteiger partial charge in [-0.1, -0.05) is 18.2 Å². The number of nitrogen functional groups attached to an aromatic ring is 1. The second-order valence-corrected chi connectivity index (χ2v) is 5.19. The Kier molecular flexibility index (Phi) is 3.79. The Morgan fingerprint density at radius 3 is 2.62 bits per heavy atom. The van der Waals surface area contributed by atoms with Crippen molar-refractivity contribution >= 4 is 34.8 Å². The molecule has 0 fully saturated rings. The third-order valence-electron chi connectivity index (χ3n) is 3.51. The number of aromatic hydroxyl groups is 1. The van der Waals surface area contributed by atoms with Gasteiger partial charge in [0.1, 0.15) is 16.9 Å². The molecule has 0 saturated carbocycles. The number of hydrogen-bond donors (Lipinski definition) is 3. The number of carbonyl (C=O) groups is 1. The molecule has 0 bridgehead atoms. The Balaban J connectivity index is 2.07. The predicted octanol–water partition coefficient (Wildman–Crippen LogP) is 2.95. The van der Waals surface area contributed by atoms with Gasteiger partial charge >= 0.3 is 11.6 Å². The van der Waals surface area contributed by atoms with Crippen LogP contribution < -0.4 is 11.4 Å². The highest BCUT2D eigenvalue weighted by Crippen LogP contribution is 2.23. The van der Waals surface area contributed by atoms with Gasteiger partial charge in [-0.25, -0.2) is 9.59 Å². The number of phenols is 1. The van der Waals surface area contributed by atoms with Crippen LogP contribution in [-0.4, -0.2) is 16.2 Å². The van der Waals surface area contributed by atoms with Crippen LogP contribution in [0.5, 0.6) is 5.75 Å². The molecule has 0 radical (unpaired) electrons. The van der Waals surface area contributed by atoms with Crippen molar-refractivity contribution in [3.05, 3.63) is 69.6 Å². The lowest BCUT2D eigenvalue weighted by molar-refractivity contribution is 0.0693. The van der Waals surface area contributed by atoms with Crippen LogP contribution in [0.4, 0.5) is 5.69 Å². The van der Waals surface area contributed by atoms with Crippen molar-refractivity contribution in [1.82, 2.24) is 0 Å². The van der Waals surface area contributed by atoms with Gasteiger partial charge in [0.2, 0.25) is 0 Å². The van der Waals surface area contributed by atoms with E-state index in [-0.39, 0.29) is 11.3 Å². The lowest BCUT2D eigenvalue weighted by atomic mass is 10.1. The molecule has 1 heterocycles. The van der Waals surface area contributed by atoms with E-state index in [4.69, 9.17) is 15.3 Å². The highest BCUT2D eigenvalue weighted by molar-refractivity contribution is 5.93. The first kappa shape index (κ1) is 15.4. The quantitative estimate of drug-likeness (QED) is 0.504. The number of carboxylic acid groups (broad SMARTS) is 1. The van der Waals surface area contributed by atoms with Gasteiger partial charge in [0.05, 0.1) is 0 Å². The van der Waals surface area contributed by atoms with Crippen LogP contribution >= 0.6 is 0 Å². The van der Waals surface area contributed by atoms with Crippen LogP contribution in [0.3, 0.4) is 0 Å². The van der Waals surface area contributed by atoms with Gasteiger partial charge in [-0.3, -0.25) is 0 Å². The lowest BCUT2D eigenvalue weighted by Gasteiger charge is -2.03. The van der Waals surface area contributed by atoms with Crippen molar-refractivity contribution in [3.63, 3.8) is 0 Å². The van der Waals surface area contributed by atoms with Gasteiger partial charge in [0, 0.05) is 23.2 Å². The van der Waals surface area contributed by atoms with Gasteiger partial charge in [-0.2, -0.15) is 0 Å². The average molecular weight is 323 g/mol. The minimum atomic E-state index is -1.22. The Morgan fingerprint density at radius 1 is 1.08 bits per heavy atom. The summed E-state index contributed by atoms with van der Waals surface area (Å²) >= 11 is 0. The Morgan fingerprint density at radius 2 is 1.88 bits per heavy atom. The molecule has 0 aliphatic rings. The van der Waals surface area contributed by atoms with E-state index in [2.05, 4.69) is 0 Å². The first-order chi connectivity index (χ1) is 11.4. The number of nitrogens with two attached hydrogens (primary N) is 1. The zero-order chi connectivity index (χ0) is 17.3. The summed E-state index contributed by atoms with van der Waals surface area (Å²) in [5, 5.41) is 19.3. The smallest absolute Gasteiger partial charge is 0.339 e. The fourth-order valence-electron chi connectivity index (χ4n) is 2.36. The number of rotatable bonds is 3. The fraction of sp³-hybridized carbons (Fsp3) is 0. The topological polar surface area (TPSA) is 114 Å². The van der Waals surface area contributed by atoms with Crippen molar-refractivity contribution in [2.45, 2.75) is 0 Å². The van der Waals surface area contributed by atoms with E-state index < -0.39 is 11.6 Å². The Labute approximate surface area is 136 Å². The minimum Gasteiger partial charge on any atom is -0.507 e. The maximum absolute atomic E-state index is 11.7. The van der Waals surface area contributed by atoms with E-state index in [1.54, 1.807) is 36.4 Å². The van der Waals surface area contributed by atoms with Crippen LogP contribution in [0.1, 0.15) is 21.5 Å². The molecule has 3 aromatic rings. The molecular weight excluding hydrogens is 310 g/mol. The minimum absolute atomic E-state index is 0.192. The van der Waals surface area contributed by atoms with Crippen molar-refractivity contribution in [2.24, 2.45) is 0 Å². The highest BCUT2D eigenvalue weighted by atomic mass is 16.4. The highest BCUT2D eigenvalue weighted by Gasteiger charge is 2.09. The molecule has 0 amide bonds. The van der Waals surface area contributed by atoms with Crippen molar-refractivity contribution in [1.29, 1.82) is 0 Å². The van der Waals surface area contributed by atoms with Gasteiger partial charge < -0.3 is 20.4 Å². The molecule has 0 unspecified atom stereocenters. The lowest BCUT2D eigenvalue weighted by Crippen LogP contribution is -1.98. The number of anilines is 1. The average Bonchev–Trinajstić information content (AvgIpc) is 2.52. The summed E-state index contributed by atoms with van der Waals surface area (Å²) in [6.45, 7) is 0. The predicted molar refractivity (Wildman–Crippen MR) is 90.9 cm³/mol. The molecule has 0 spiro atoms. The van der Waals surface area contributed by atoms with Crippen molar-refractivity contribution in [3.8, 4) is 5.75 Å². The monoisotopic (exact) mass is 323 g/mol. The second kappa shape index (κ2) is 5.92. The van der Waals surface area contributed by atoms with Crippen LogP contribution in [0.15, 0.2) is 51.7 Å². The largest absolute Gasteiger partial charge is 0.507 e. The first-order valence-electron chi connectivity index (χ1n) is 7.02. The number of carboxylic acids is 1. The molecule has 3 rings (SSSR count). The van der Waals surface area contributed by atoms with Crippen LogP contribution in [0, 0.1) is 0 Å². The standard InChI is InChI=1S/C18H13NO5/c19-12-4-5-13-11(8-17(21)24-16(13)9-12)3-1-10-2-6-15(20)14(7-10)18(22)23/h1-9,20H,19H2,(H,22,23)/b3-1+. The fourth-order valence-corrected chi connectivity index (χ4v) is 2.36. The molecule has 4 N–H and O–H groups in total. The summed E-state index contributed by atoms with van der Waals surface area (Å²) in [6.07, 6.45) is 3.32. The number of aromatic carboxylic acids is 1. The van der Waals surface area contributed by atoms with E-state index in [9.17, 15) is 14.7 Å². The number of fused-ring (bicyclic) bond motifs is 1. The van der Waals surface area contributed by atoms with E-state index in [0.717, 1.165) is 0 Å². The van der Waals surface area contributed by atoms with Gasteiger partial charge in [-0.15, -0.1) is 0 Å². The Hall–Kier alpha value is -3.54. The van der Waals surface area contributed by atoms with Gasteiger partial charge in [0.15, 0.2) is 0 Å². The Bertz CT molecular complexity index is 1030. The third-order valence-corrected chi connectivity index (χ3v) is 3.51. The molecule has 24 heavy (non-hydrogen) atoms. The molecule has 120 valence electrons. The molecule has 0 saturated heterocycles. The first-order valence-corrected chi connectivity index (χ1v) is 7.02. The second-order valence-electron chi connectivity index (χ2n) is 5.19. The van der Waals surface area contributed by atoms with E-state index >= 15 is 0 Å². The van der Waals surface area contributed by atoms with Crippen LogP contribution in [-0.2, 0) is 0 Å². The maximum Gasteiger partial charge on any atom is 0.339 e. The number of benzene rings is 2. The summed E-state index contributed by atoms with van der Waals surface area (Å²) in [7, 11) is 0. The zero-order valence-corrected chi connectivity index (χ0v) is 12.4.